The number of hydrogen-bond donors (Lipinski definition) is 0. The van der Waals surface area contributed by atoms with Gasteiger partial charge in [0.05, 0.1) is 33.8 Å². The van der Waals surface area contributed by atoms with Crippen molar-refractivity contribution in [2.45, 2.75) is 0 Å². The molecule has 0 N–H and O–H groups in total. The molecule has 0 amide bonds. The van der Waals surface area contributed by atoms with E-state index < -0.39 is 0 Å². The third-order valence-corrected chi connectivity index (χ3v) is 16.0. The third-order valence-electron chi connectivity index (χ3n) is 16.0. The minimum atomic E-state index is 0.571. The largest absolute Gasteiger partial charge is 0.457 e. The predicted molar refractivity (Wildman–Crippen MR) is 321 cm³/mol. The first-order valence-corrected chi connectivity index (χ1v) is 26.4. The summed E-state index contributed by atoms with van der Waals surface area (Å²) in [5.41, 5.74) is 19.4. The number of anilines is 4. The minimum Gasteiger partial charge on any atom is -0.457 e. The first-order valence-electron chi connectivity index (χ1n) is 26.4. The highest BCUT2D eigenvalue weighted by Crippen LogP contribution is 2.60. The molecular weight excluding hydrogens is 937 g/mol. The van der Waals surface area contributed by atoms with Crippen LogP contribution in [0.25, 0.3) is 115 Å². The van der Waals surface area contributed by atoms with Gasteiger partial charge < -0.3 is 14.5 Å². The highest BCUT2D eigenvalue weighted by Gasteiger charge is 2.38. The molecule has 0 saturated heterocycles. The highest BCUT2D eigenvalue weighted by atomic mass is 16.5. The monoisotopic (exact) mass is 982 g/mol. The van der Waals surface area contributed by atoms with Crippen molar-refractivity contribution in [1.29, 1.82) is 0 Å². The van der Waals surface area contributed by atoms with Gasteiger partial charge in [-0.3, -0.25) is 4.40 Å². The molecule has 16 rings (SSSR count). The fourth-order valence-electron chi connectivity index (χ4n) is 12.8. The maximum absolute atomic E-state index is 7.19. The lowest BCUT2D eigenvalue weighted by molar-refractivity contribution is 0.483. The molecular formula is C72H46N4O. The van der Waals surface area contributed by atoms with Gasteiger partial charge in [-0.05, 0) is 97.4 Å². The van der Waals surface area contributed by atoms with Crippen molar-refractivity contribution >= 4 is 82.5 Å². The van der Waals surface area contributed by atoms with Crippen LogP contribution in [0.4, 0.5) is 22.7 Å². The number of fused-ring (bicyclic) bond motifs is 15. The summed E-state index contributed by atoms with van der Waals surface area (Å²) in [5.74, 6) is 1.49. The molecule has 360 valence electrons. The lowest BCUT2D eigenvalue weighted by atomic mass is 9.88. The van der Waals surface area contributed by atoms with E-state index in [9.17, 15) is 0 Å². The summed E-state index contributed by atoms with van der Waals surface area (Å²) in [6, 6.07) is 94.5. The maximum atomic E-state index is 7.19. The Hall–Kier alpha value is -10.2. The molecule has 0 aliphatic carbocycles. The molecule has 14 aromatic rings. The van der Waals surface area contributed by atoms with Crippen molar-refractivity contribution in [3.63, 3.8) is 0 Å². The van der Waals surface area contributed by atoms with Crippen LogP contribution in [-0.4, -0.2) is 16.1 Å². The number of ether oxygens (including phenoxy) is 1. The number of nitrogens with zero attached hydrogens (tertiary/aromatic N) is 4. The van der Waals surface area contributed by atoms with Gasteiger partial charge in [-0.2, -0.15) is 0 Å². The normalized spacial score (nSPS) is 12.6. The molecule has 0 spiro atoms. The second kappa shape index (κ2) is 17.2. The van der Waals surface area contributed by atoms with Gasteiger partial charge >= 0.3 is 0 Å². The lowest BCUT2D eigenvalue weighted by Crippen LogP contribution is -2.25. The molecule has 0 radical (unpaired) electrons. The van der Waals surface area contributed by atoms with Crippen molar-refractivity contribution in [3.05, 3.63) is 267 Å². The summed E-state index contributed by atoms with van der Waals surface area (Å²) in [6.45, 7) is 0.571. The number of rotatable bonds is 6. The van der Waals surface area contributed by atoms with Crippen LogP contribution in [0.2, 0.25) is 0 Å². The van der Waals surface area contributed by atoms with Crippen molar-refractivity contribution in [2.75, 3.05) is 16.5 Å². The SMILES string of the molecule is c1ccc(-c2ccc3c4c2-c2ccccc2-c2ccc(Oc5ccc6c7cccc8c9ccccc9c9ccccc9c9cccnc9n(c6c5)c87)cc2N4CN3c2c(-c3ccccc3)cccc2-c2ccccc2)cc1. The summed E-state index contributed by atoms with van der Waals surface area (Å²) >= 11 is 0. The maximum Gasteiger partial charge on any atom is 0.145 e. The van der Waals surface area contributed by atoms with Crippen LogP contribution < -0.4 is 14.5 Å². The van der Waals surface area contributed by atoms with Gasteiger partial charge in [0.15, 0.2) is 0 Å². The van der Waals surface area contributed by atoms with Crippen molar-refractivity contribution in [1.82, 2.24) is 9.38 Å². The molecule has 2 aliphatic rings. The topological polar surface area (TPSA) is 33.0 Å². The number of aromatic nitrogens is 2. The Kier molecular flexibility index (Phi) is 9.63. The Morgan fingerprint density at radius 3 is 1.51 bits per heavy atom. The van der Waals surface area contributed by atoms with Crippen molar-refractivity contribution in [3.8, 4) is 67.1 Å². The zero-order chi connectivity index (χ0) is 50.6. The zero-order valence-electron chi connectivity index (χ0n) is 41.8. The van der Waals surface area contributed by atoms with Crippen molar-refractivity contribution in [2.24, 2.45) is 0 Å². The smallest absolute Gasteiger partial charge is 0.145 e. The quantitative estimate of drug-likeness (QED) is 0.166. The van der Waals surface area contributed by atoms with Crippen LogP contribution >= 0.6 is 0 Å². The van der Waals surface area contributed by atoms with Gasteiger partial charge in [-0.25, -0.2) is 4.98 Å². The summed E-state index contributed by atoms with van der Waals surface area (Å²) < 4.78 is 9.56. The van der Waals surface area contributed by atoms with E-state index >= 15 is 0 Å². The third kappa shape index (κ3) is 6.64. The molecule has 11 aromatic carbocycles. The predicted octanol–water partition coefficient (Wildman–Crippen LogP) is 19.4. The van der Waals surface area contributed by atoms with E-state index in [0.29, 0.717) is 6.67 Å². The van der Waals surface area contributed by atoms with Crippen LogP contribution in [0.1, 0.15) is 0 Å². The second-order valence-corrected chi connectivity index (χ2v) is 20.2. The van der Waals surface area contributed by atoms with Gasteiger partial charge in [0, 0.05) is 62.1 Å². The van der Waals surface area contributed by atoms with E-state index in [1.807, 2.05) is 12.3 Å². The fraction of sp³-hybridized carbons (Fsp3) is 0.0139. The number of para-hydroxylation sites is 2. The standard InChI is InChI=1S/C72H46N4O/c1-4-19-46(20-5-1)51-40-41-65-71-68(51)61-30-15-14-29-58(61)59-38-36-49(43-66(59)75(71)45-74(65)69-52(47-21-6-2-7-22-47)31-16-32-53(69)48-23-8-3-9-24-48)77-50-37-39-60-63-34-17-33-62-56-27-12-10-25-54(56)55-26-11-13-28-57(55)64-35-18-42-73-72(64)76(70(62)63)67(60)44-50/h1-44H,45H2. The van der Waals surface area contributed by atoms with Gasteiger partial charge in [0.1, 0.15) is 23.8 Å². The van der Waals surface area contributed by atoms with E-state index in [2.05, 4.69) is 269 Å². The Bertz CT molecular complexity index is 4700. The molecule has 5 nitrogen and oxygen atoms in total. The zero-order valence-corrected chi connectivity index (χ0v) is 41.8. The first-order chi connectivity index (χ1) is 38.2. The second-order valence-electron chi connectivity index (χ2n) is 20.2. The molecule has 0 bridgehead atoms. The van der Waals surface area contributed by atoms with E-state index in [1.165, 1.54) is 77.6 Å². The Balaban J connectivity index is 0.917. The molecule has 0 atom stereocenters. The van der Waals surface area contributed by atoms with Gasteiger partial charge in [-0.15, -0.1) is 0 Å². The van der Waals surface area contributed by atoms with Crippen molar-refractivity contribution < 1.29 is 4.74 Å². The molecule has 3 aromatic heterocycles. The minimum absolute atomic E-state index is 0.571. The lowest BCUT2D eigenvalue weighted by Gasteiger charge is -2.28. The van der Waals surface area contributed by atoms with Crippen LogP contribution in [0.3, 0.4) is 0 Å². The average molecular weight is 983 g/mol. The Morgan fingerprint density at radius 1 is 0.325 bits per heavy atom. The summed E-state index contributed by atoms with van der Waals surface area (Å²) in [7, 11) is 0. The fourth-order valence-corrected chi connectivity index (χ4v) is 12.8. The molecule has 2 aliphatic heterocycles. The van der Waals surface area contributed by atoms with Crippen LogP contribution in [0.15, 0.2) is 267 Å². The molecule has 5 heteroatoms. The number of hydrogen-bond acceptors (Lipinski definition) is 4. The first kappa shape index (κ1) is 43.2. The summed E-state index contributed by atoms with van der Waals surface area (Å²) in [4.78, 5) is 10.3. The highest BCUT2D eigenvalue weighted by molar-refractivity contribution is 6.25. The molecule has 0 saturated carbocycles. The summed E-state index contributed by atoms with van der Waals surface area (Å²) in [6.07, 6.45) is 1.91. The molecule has 5 heterocycles. The van der Waals surface area contributed by atoms with Crippen LogP contribution in [0, 0.1) is 0 Å². The Morgan fingerprint density at radius 2 is 0.818 bits per heavy atom. The summed E-state index contributed by atoms with van der Waals surface area (Å²) in [5, 5.41) is 9.24. The van der Waals surface area contributed by atoms with E-state index in [0.717, 1.165) is 72.0 Å². The van der Waals surface area contributed by atoms with Gasteiger partial charge in [-0.1, -0.05) is 206 Å². The van der Waals surface area contributed by atoms with E-state index in [4.69, 9.17) is 9.72 Å². The number of benzene rings is 11. The van der Waals surface area contributed by atoms with Crippen LogP contribution in [-0.2, 0) is 0 Å². The molecule has 0 unspecified atom stereocenters. The van der Waals surface area contributed by atoms with Gasteiger partial charge in [0.2, 0.25) is 0 Å². The average Bonchev–Trinajstić information content (AvgIpc) is 4.12. The Labute approximate surface area is 445 Å². The molecule has 0 fully saturated rings. The number of pyridine rings is 1. The van der Waals surface area contributed by atoms with Crippen LogP contribution in [0.5, 0.6) is 11.5 Å². The van der Waals surface area contributed by atoms with E-state index in [1.54, 1.807) is 0 Å². The molecule has 77 heavy (non-hydrogen) atoms. The van der Waals surface area contributed by atoms with Gasteiger partial charge in [0.25, 0.3) is 0 Å². The van der Waals surface area contributed by atoms with E-state index in [-0.39, 0.29) is 0 Å².